The molecular weight excluding hydrogens is 441 g/mol. The Morgan fingerprint density at radius 1 is 1.12 bits per heavy atom. The van der Waals surface area contributed by atoms with Crippen LogP contribution >= 0.6 is 11.8 Å². The Morgan fingerprint density at radius 3 is 2.41 bits per heavy atom. The van der Waals surface area contributed by atoms with Crippen LogP contribution < -0.4 is 4.90 Å². The number of hydrogen-bond acceptors (Lipinski definition) is 6. The molecule has 1 aliphatic rings. The lowest BCUT2D eigenvalue weighted by molar-refractivity contribution is -0.159. The third-order valence-corrected chi connectivity index (χ3v) is 6.41. The van der Waals surface area contributed by atoms with Gasteiger partial charge >= 0.3 is 12.1 Å². The van der Waals surface area contributed by atoms with Crippen LogP contribution in [0, 0.1) is 0 Å². The highest BCUT2D eigenvalue weighted by Crippen LogP contribution is 2.33. The topological polar surface area (TPSA) is 62.5 Å². The molecule has 1 amide bonds. The molecule has 4 rings (SSSR count). The first kappa shape index (κ1) is 22.2. The highest BCUT2D eigenvalue weighted by molar-refractivity contribution is 8.00. The summed E-state index contributed by atoms with van der Waals surface area (Å²) in [4.78, 5) is 21.0. The average molecular weight is 462 g/mol. The van der Waals surface area contributed by atoms with Crippen LogP contribution in [0.15, 0.2) is 57.9 Å². The second-order valence-electron chi connectivity index (χ2n) is 7.67. The molecule has 1 fully saturated rings. The fourth-order valence-corrected chi connectivity index (χ4v) is 4.58. The van der Waals surface area contributed by atoms with E-state index >= 15 is 0 Å². The number of rotatable bonds is 5. The lowest BCUT2D eigenvalue weighted by atomic mass is 10.2. The molecule has 0 bridgehead atoms. The molecule has 0 N–H and O–H groups in total. The van der Waals surface area contributed by atoms with E-state index in [0.29, 0.717) is 24.2 Å². The molecule has 1 atom stereocenters. The van der Waals surface area contributed by atoms with E-state index < -0.39 is 12.1 Å². The van der Waals surface area contributed by atoms with Crippen molar-refractivity contribution in [3.8, 4) is 11.4 Å². The van der Waals surface area contributed by atoms with Crippen LogP contribution in [-0.4, -0.2) is 53.4 Å². The summed E-state index contributed by atoms with van der Waals surface area (Å²) in [5.41, 5.74) is 2.15. The van der Waals surface area contributed by atoms with Gasteiger partial charge in [0.15, 0.2) is 0 Å². The highest BCUT2D eigenvalue weighted by Gasteiger charge is 2.38. The molecule has 168 valence electrons. The molecule has 0 saturated carbocycles. The number of carbonyl (C=O) groups is 1. The van der Waals surface area contributed by atoms with E-state index in [2.05, 4.69) is 14.7 Å². The molecule has 1 aromatic heterocycles. The highest BCUT2D eigenvalue weighted by atomic mass is 32.2. The number of carbonyl (C=O) groups excluding carboxylic acids is 1. The van der Waals surface area contributed by atoms with Gasteiger partial charge in [-0.05, 0) is 55.0 Å². The van der Waals surface area contributed by atoms with Crippen LogP contribution in [0.25, 0.3) is 11.4 Å². The summed E-state index contributed by atoms with van der Waals surface area (Å²) in [6.45, 7) is 1.33. The van der Waals surface area contributed by atoms with Crippen LogP contribution in [0.5, 0.6) is 0 Å². The zero-order valence-electron chi connectivity index (χ0n) is 17.5. The van der Waals surface area contributed by atoms with E-state index in [0.717, 1.165) is 17.0 Å². The van der Waals surface area contributed by atoms with Gasteiger partial charge in [0.1, 0.15) is 0 Å². The maximum absolute atomic E-state index is 12.8. The molecule has 2 aromatic carbocycles. The first-order chi connectivity index (χ1) is 15.2. The number of likely N-dealkylation sites (tertiary alicyclic amines) is 1. The van der Waals surface area contributed by atoms with Gasteiger partial charge in [0.05, 0.1) is 0 Å². The quantitative estimate of drug-likeness (QED) is 0.541. The van der Waals surface area contributed by atoms with Crippen LogP contribution in [0.1, 0.15) is 22.7 Å². The standard InChI is InChI=1S/C22H21F3N4O2S/c1-28(2)16-7-3-15(4-8-16)20(30)29-12-11-18(13-29)32-17-9-5-14(6-10-17)19-26-21(31-27-19)22(23,24)25/h3-10,18H,11-13H2,1-2H3/t18-/m0/s1. The Balaban J connectivity index is 1.35. The minimum Gasteiger partial charge on any atom is -0.378 e. The number of halogens is 3. The normalized spacial score (nSPS) is 16.4. The predicted octanol–water partition coefficient (Wildman–Crippen LogP) is 4.83. The summed E-state index contributed by atoms with van der Waals surface area (Å²) in [5, 5.41) is 3.64. The van der Waals surface area contributed by atoms with Crippen LogP contribution in [0.4, 0.5) is 18.9 Å². The SMILES string of the molecule is CN(C)c1ccc(C(=O)N2CC[C@H](Sc3ccc(-c4noc(C(F)(F)F)n4)cc3)C2)cc1. The largest absolute Gasteiger partial charge is 0.471 e. The number of alkyl halides is 3. The van der Waals surface area contributed by atoms with Gasteiger partial charge in [0.25, 0.3) is 5.91 Å². The molecule has 0 aliphatic carbocycles. The fourth-order valence-electron chi connectivity index (χ4n) is 3.42. The fraction of sp³-hybridized carbons (Fsp3) is 0.318. The van der Waals surface area contributed by atoms with Gasteiger partial charge in [-0.25, -0.2) is 0 Å². The Bertz CT molecular complexity index is 1080. The van der Waals surface area contributed by atoms with Crippen molar-refractivity contribution >= 4 is 23.4 Å². The monoisotopic (exact) mass is 462 g/mol. The van der Waals surface area contributed by atoms with Crippen molar-refractivity contribution < 1.29 is 22.5 Å². The Labute approximate surface area is 187 Å². The number of thioether (sulfide) groups is 1. The summed E-state index contributed by atoms with van der Waals surface area (Å²) >= 11 is 1.64. The molecule has 0 spiro atoms. The summed E-state index contributed by atoms with van der Waals surface area (Å²) in [5.74, 6) is -1.45. The number of amides is 1. The Morgan fingerprint density at radius 2 is 1.81 bits per heavy atom. The van der Waals surface area contributed by atoms with Crippen molar-refractivity contribution in [3.63, 3.8) is 0 Å². The summed E-state index contributed by atoms with van der Waals surface area (Å²) in [6, 6.07) is 14.5. The molecule has 32 heavy (non-hydrogen) atoms. The van der Waals surface area contributed by atoms with Gasteiger partial charge in [-0.2, -0.15) is 18.2 Å². The van der Waals surface area contributed by atoms with Gasteiger partial charge in [0, 0.05) is 54.1 Å². The lowest BCUT2D eigenvalue weighted by Gasteiger charge is -2.18. The van der Waals surface area contributed by atoms with Gasteiger partial charge in [0.2, 0.25) is 5.82 Å². The molecule has 3 aromatic rings. The van der Waals surface area contributed by atoms with Gasteiger partial charge in [-0.3, -0.25) is 4.79 Å². The van der Waals surface area contributed by atoms with Crippen molar-refractivity contribution in [2.75, 3.05) is 32.1 Å². The van der Waals surface area contributed by atoms with Crippen LogP contribution in [0.2, 0.25) is 0 Å². The van der Waals surface area contributed by atoms with Crippen molar-refractivity contribution in [1.82, 2.24) is 15.0 Å². The second-order valence-corrected chi connectivity index (χ2v) is 9.04. The molecule has 6 nitrogen and oxygen atoms in total. The van der Waals surface area contributed by atoms with Crippen molar-refractivity contribution in [2.24, 2.45) is 0 Å². The third kappa shape index (κ3) is 4.90. The molecular formula is C22H21F3N4O2S. The first-order valence-electron chi connectivity index (χ1n) is 9.95. The number of nitrogens with zero attached hydrogens (tertiary/aromatic N) is 4. The molecule has 2 heterocycles. The Kier molecular flexibility index (Phi) is 6.14. The summed E-state index contributed by atoms with van der Waals surface area (Å²) in [6.07, 6.45) is -3.80. The number of benzene rings is 2. The zero-order chi connectivity index (χ0) is 22.9. The third-order valence-electron chi connectivity index (χ3n) is 5.15. The van der Waals surface area contributed by atoms with E-state index in [4.69, 9.17) is 0 Å². The average Bonchev–Trinajstić information content (AvgIpc) is 3.44. The molecule has 1 aliphatic heterocycles. The van der Waals surface area contributed by atoms with Gasteiger partial charge in [-0.15, -0.1) is 11.8 Å². The van der Waals surface area contributed by atoms with Crippen LogP contribution in [-0.2, 0) is 6.18 Å². The van der Waals surface area contributed by atoms with Crippen LogP contribution in [0.3, 0.4) is 0 Å². The first-order valence-corrected chi connectivity index (χ1v) is 10.8. The van der Waals surface area contributed by atoms with E-state index in [1.807, 2.05) is 60.3 Å². The van der Waals surface area contributed by atoms with E-state index in [-0.39, 0.29) is 17.0 Å². The molecule has 0 unspecified atom stereocenters. The molecule has 10 heteroatoms. The maximum Gasteiger partial charge on any atom is 0.471 e. The molecule has 0 radical (unpaired) electrons. The smallest absolute Gasteiger partial charge is 0.378 e. The molecule has 1 saturated heterocycles. The minimum atomic E-state index is -4.67. The lowest BCUT2D eigenvalue weighted by Crippen LogP contribution is -2.29. The van der Waals surface area contributed by atoms with Crippen molar-refractivity contribution in [1.29, 1.82) is 0 Å². The van der Waals surface area contributed by atoms with Gasteiger partial charge in [-0.1, -0.05) is 5.16 Å². The minimum absolute atomic E-state index is 0.0197. The Hall–Kier alpha value is -3.01. The maximum atomic E-state index is 12.8. The predicted molar refractivity (Wildman–Crippen MR) is 116 cm³/mol. The van der Waals surface area contributed by atoms with E-state index in [1.54, 1.807) is 23.9 Å². The zero-order valence-corrected chi connectivity index (χ0v) is 18.3. The number of aromatic nitrogens is 2. The van der Waals surface area contributed by atoms with E-state index in [1.165, 1.54) is 0 Å². The number of hydrogen-bond donors (Lipinski definition) is 0. The summed E-state index contributed by atoms with van der Waals surface area (Å²) in [7, 11) is 3.90. The van der Waals surface area contributed by atoms with E-state index in [9.17, 15) is 18.0 Å². The van der Waals surface area contributed by atoms with Crippen molar-refractivity contribution in [3.05, 3.63) is 60.0 Å². The number of anilines is 1. The second kappa shape index (κ2) is 8.85. The van der Waals surface area contributed by atoms with Gasteiger partial charge < -0.3 is 14.3 Å². The summed E-state index contributed by atoms with van der Waals surface area (Å²) < 4.78 is 42.2. The van der Waals surface area contributed by atoms with Crippen molar-refractivity contribution in [2.45, 2.75) is 22.7 Å².